The van der Waals surface area contributed by atoms with Crippen LogP contribution >= 0.6 is 11.3 Å². The number of nitrogens with zero attached hydrogens (tertiary/aromatic N) is 4. The molecule has 2 aromatic heterocycles. The Morgan fingerprint density at radius 2 is 2.06 bits per heavy atom. The maximum Gasteiger partial charge on any atom is 0.347 e. The number of aliphatic hydroxyl groups is 1. The van der Waals surface area contributed by atoms with E-state index in [0.717, 1.165) is 23.9 Å². The molecule has 1 N–H and O–H groups in total. The number of esters is 1. The minimum atomic E-state index is -0.747. The summed E-state index contributed by atoms with van der Waals surface area (Å²) >= 11 is 1.19. The highest BCUT2D eigenvalue weighted by molar-refractivity contribution is 7.20. The fourth-order valence-corrected chi connectivity index (χ4v) is 6.33. The molecule has 2 aliphatic rings. The SMILES string of the molecule is COC(=O)c1c(N2CCC(O)C2)sc(-c2ccc3c(c2)ncn3C2CCCCC2)c1[N+](=O)[O-]. The quantitative estimate of drug-likeness (QED) is 0.331. The molecule has 1 saturated carbocycles. The van der Waals surface area contributed by atoms with Gasteiger partial charge in [0, 0.05) is 24.7 Å². The number of benzene rings is 1. The second-order valence-corrected chi connectivity index (χ2v) is 9.74. The monoisotopic (exact) mass is 470 g/mol. The summed E-state index contributed by atoms with van der Waals surface area (Å²) in [6.45, 7) is 0.846. The molecule has 0 spiro atoms. The van der Waals surface area contributed by atoms with Crippen LogP contribution in [0.3, 0.4) is 0 Å². The van der Waals surface area contributed by atoms with E-state index in [9.17, 15) is 20.0 Å². The number of β-amino-alcohol motifs (C(OH)–C–C–N with tert-alkyl or cyclic N) is 1. The van der Waals surface area contributed by atoms with Crippen molar-refractivity contribution in [3.63, 3.8) is 0 Å². The van der Waals surface area contributed by atoms with Crippen molar-refractivity contribution in [2.45, 2.75) is 50.7 Å². The minimum Gasteiger partial charge on any atom is -0.465 e. The lowest BCUT2D eigenvalue weighted by Crippen LogP contribution is -2.22. The molecule has 1 aliphatic heterocycles. The molecule has 3 aromatic rings. The molecule has 33 heavy (non-hydrogen) atoms. The third kappa shape index (κ3) is 3.87. The van der Waals surface area contributed by atoms with Crippen LogP contribution < -0.4 is 4.90 Å². The summed E-state index contributed by atoms with van der Waals surface area (Å²) in [6, 6.07) is 6.13. The van der Waals surface area contributed by atoms with Crippen LogP contribution in [0.1, 0.15) is 54.9 Å². The first-order valence-corrected chi connectivity index (χ1v) is 12.1. The summed E-state index contributed by atoms with van der Waals surface area (Å²) in [5.41, 5.74) is 2.13. The lowest BCUT2D eigenvalue weighted by Gasteiger charge is -2.23. The number of thiophene rings is 1. The highest BCUT2D eigenvalue weighted by atomic mass is 32.1. The molecular weight excluding hydrogens is 444 g/mol. The Labute approximate surface area is 194 Å². The molecule has 1 atom stereocenters. The molecule has 0 amide bonds. The molecule has 174 valence electrons. The van der Waals surface area contributed by atoms with Crippen LogP contribution in [0, 0.1) is 10.1 Å². The van der Waals surface area contributed by atoms with Crippen molar-refractivity contribution in [2.24, 2.45) is 0 Å². The zero-order valence-corrected chi connectivity index (χ0v) is 19.2. The zero-order valence-electron chi connectivity index (χ0n) is 18.4. The summed E-state index contributed by atoms with van der Waals surface area (Å²) in [4.78, 5) is 31.0. The van der Waals surface area contributed by atoms with E-state index in [1.807, 2.05) is 29.4 Å². The third-order valence-electron chi connectivity index (χ3n) is 6.69. The number of carbonyl (C=O) groups is 1. The third-order valence-corrected chi connectivity index (χ3v) is 7.98. The van der Waals surface area contributed by atoms with Crippen molar-refractivity contribution in [1.82, 2.24) is 9.55 Å². The van der Waals surface area contributed by atoms with E-state index >= 15 is 0 Å². The van der Waals surface area contributed by atoms with Gasteiger partial charge in [-0.2, -0.15) is 0 Å². The molecule has 5 rings (SSSR count). The number of aliphatic hydroxyl groups excluding tert-OH is 1. The second kappa shape index (κ2) is 8.75. The van der Waals surface area contributed by atoms with E-state index in [1.165, 1.54) is 37.7 Å². The van der Waals surface area contributed by atoms with E-state index in [1.54, 1.807) is 0 Å². The first-order chi connectivity index (χ1) is 16.0. The number of hydrogen-bond acceptors (Lipinski definition) is 8. The summed E-state index contributed by atoms with van der Waals surface area (Å²) in [5, 5.41) is 22.6. The maximum absolute atomic E-state index is 12.6. The molecule has 3 heterocycles. The predicted molar refractivity (Wildman–Crippen MR) is 126 cm³/mol. The van der Waals surface area contributed by atoms with Gasteiger partial charge < -0.3 is 19.3 Å². The molecule has 0 bridgehead atoms. The number of ether oxygens (including phenoxy) is 1. The Kier molecular flexibility index (Phi) is 5.79. The maximum atomic E-state index is 12.6. The molecule has 0 radical (unpaired) electrons. The Morgan fingerprint density at radius 1 is 1.27 bits per heavy atom. The van der Waals surface area contributed by atoms with Gasteiger partial charge in [0.05, 0.1) is 35.5 Å². The summed E-state index contributed by atoms with van der Waals surface area (Å²) < 4.78 is 7.12. The first-order valence-electron chi connectivity index (χ1n) is 11.3. The summed E-state index contributed by atoms with van der Waals surface area (Å²) in [5.74, 6) is -0.747. The minimum absolute atomic E-state index is 0.0515. The van der Waals surface area contributed by atoms with Gasteiger partial charge in [0.2, 0.25) is 0 Å². The Hall–Kier alpha value is -2.98. The molecular formula is C23H26N4O5S. The van der Waals surface area contributed by atoms with Gasteiger partial charge in [-0.1, -0.05) is 25.3 Å². The van der Waals surface area contributed by atoms with Gasteiger partial charge in [-0.05, 0) is 31.4 Å². The number of imidazole rings is 1. The summed E-state index contributed by atoms with van der Waals surface area (Å²) in [6.07, 6.45) is 7.86. The van der Waals surface area contributed by atoms with E-state index in [2.05, 4.69) is 9.55 Å². The van der Waals surface area contributed by atoms with E-state index in [-0.39, 0.29) is 11.3 Å². The lowest BCUT2D eigenvalue weighted by atomic mass is 9.95. The average Bonchev–Trinajstić information content (AvgIpc) is 3.54. The zero-order chi connectivity index (χ0) is 23.1. The van der Waals surface area contributed by atoms with Crippen LogP contribution in [0.15, 0.2) is 24.5 Å². The molecule has 2 fully saturated rings. The number of carbonyl (C=O) groups excluding carboxylic acids is 1. The van der Waals surface area contributed by atoms with E-state index < -0.39 is 17.0 Å². The number of hydrogen-bond donors (Lipinski definition) is 1. The van der Waals surface area contributed by atoms with Crippen LogP contribution in [-0.2, 0) is 4.74 Å². The smallest absolute Gasteiger partial charge is 0.347 e. The van der Waals surface area contributed by atoms with Crippen LogP contribution in [0.25, 0.3) is 21.5 Å². The first kappa shape index (κ1) is 21.8. The normalized spacial score (nSPS) is 19.3. The molecule has 10 heteroatoms. The largest absolute Gasteiger partial charge is 0.465 e. The number of aromatic nitrogens is 2. The second-order valence-electron chi connectivity index (χ2n) is 8.74. The van der Waals surface area contributed by atoms with Gasteiger partial charge in [0.15, 0.2) is 5.56 Å². The Bertz CT molecular complexity index is 1210. The molecule has 1 unspecified atom stereocenters. The number of methoxy groups -OCH3 is 1. The average molecular weight is 471 g/mol. The standard InChI is InChI=1S/C23H26N4O5S/c1-32-23(29)19-20(27(30)31)21(33-22(19)25-10-9-16(28)12-25)14-7-8-18-17(11-14)24-13-26(18)15-5-3-2-4-6-15/h7-8,11,13,15-16,28H,2-6,9-10,12H2,1H3. The molecule has 1 saturated heterocycles. The lowest BCUT2D eigenvalue weighted by molar-refractivity contribution is -0.384. The van der Waals surface area contributed by atoms with Gasteiger partial charge in [-0.15, -0.1) is 11.3 Å². The van der Waals surface area contributed by atoms with Gasteiger partial charge in [0.25, 0.3) is 0 Å². The molecule has 9 nitrogen and oxygen atoms in total. The summed E-state index contributed by atoms with van der Waals surface area (Å²) in [7, 11) is 1.22. The Morgan fingerprint density at radius 3 is 2.73 bits per heavy atom. The van der Waals surface area contributed by atoms with Crippen LogP contribution in [-0.4, -0.2) is 51.9 Å². The van der Waals surface area contributed by atoms with Crippen molar-refractivity contribution in [3.05, 3.63) is 40.2 Å². The fourth-order valence-electron chi connectivity index (χ4n) is 5.04. The predicted octanol–water partition coefficient (Wildman–Crippen LogP) is 4.54. The molecule has 1 aliphatic carbocycles. The number of nitro groups is 1. The highest BCUT2D eigenvalue weighted by Gasteiger charge is 2.37. The van der Waals surface area contributed by atoms with Crippen molar-refractivity contribution in [3.8, 4) is 10.4 Å². The number of fused-ring (bicyclic) bond motifs is 1. The van der Waals surface area contributed by atoms with Crippen LogP contribution in [0.2, 0.25) is 0 Å². The topological polar surface area (TPSA) is 111 Å². The molecule has 1 aromatic carbocycles. The van der Waals surface area contributed by atoms with Gasteiger partial charge >= 0.3 is 11.7 Å². The van der Waals surface area contributed by atoms with E-state index in [4.69, 9.17) is 4.74 Å². The number of anilines is 1. The van der Waals surface area contributed by atoms with Gasteiger partial charge in [0.1, 0.15) is 9.88 Å². The van der Waals surface area contributed by atoms with Gasteiger partial charge in [-0.3, -0.25) is 10.1 Å². The van der Waals surface area contributed by atoms with Gasteiger partial charge in [-0.25, -0.2) is 9.78 Å². The van der Waals surface area contributed by atoms with Crippen molar-refractivity contribution >= 4 is 39.0 Å². The Balaban J connectivity index is 1.61. The van der Waals surface area contributed by atoms with Crippen molar-refractivity contribution in [1.29, 1.82) is 0 Å². The van der Waals surface area contributed by atoms with Crippen molar-refractivity contribution < 1.29 is 19.6 Å². The number of rotatable bonds is 5. The fraction of sp³-hybridized carbons (Fsp3) is 0.478. The van der Waals surface area contributed by atoms with Crippen molar-refractivity contribution in [2.75, 3.05) is 25.1 Å². The van der Waals surface area contributed by atoms with Crippen LogP contribution in [0.4, 0.5) is 10.7 Å². The highest BCUT2D eigenvalue weighted by Crippen LogP contribution is 2.48. The van der Waals surface area contributed by atoms with Crippen LogP contribution in [0.5, 0.6) is 0 Å². The van der Waals surface area contributed by atoms with E-state index in [0.29, 0.717) is 41.0 Å².